The van der Waals surface area contributed by atoms with Crippen molar-refractivity contribution >= 4 is 5.95 Å². The quantitative estimate of drug-likeness (QED) is 0.842. The van der Waals surface area contributed by atoms with Crippen LogP contribution in [0, 0.1) is 0 Å². The van der Waals surface area contributed by atoms with Gasteiger partial charge in [0.15, 0.2) is 0 Å². The molecule has 0 aromatic carbocycles. The Hall–Kier alpha value is -1.16. The van der Waals surface area contributed by atoms with E-state index in [1.54, 1.807) is 0 Å². The van der Waals surface area contributed by atoms with Crippen LogP contribution < -0.4 is 11.1 Å². The summed E-state index contributed by atoms with van der Waals surface area (Å²) in [6.07, 6.45) is 4.65. The first-order chi connectivity index (χ1) is 7.74. The van der Waals surface area contributed by atoms with Gasteiger partial charge in [0.2, 0.25) is 5.95 Å². The highest BCUT2D eigenvalue weighted by atomic mass is 15.1. The molecule has 0 saturated heterocycles. The third-order valence-electron chi connectivity index (χ3n) is 2.74. The zero-order chi connectivity index (χ0) is 13.1. The summed E-state index contributed by atoms with van der Waals surface area (Å²) >= 11 is 0. The second kappa shape index (κ2) is 5.00. The summed E-state index contributed by atoms with van der Waals surface area (Å²) in [6.45, 7) is 11.3. The van der Waals surface area contributed by atoms with Crippen molar-refractivity contribution in [2.45, 2.75) is 52.0 Å². The Kier molecular flexibility index (Phi) is 4.09. The van der Waals surface area contributed by atoms with Crippen molar-refractivity contribution in [1.82, 2.24) is 9.97 Å². The van der Waals surface area contributed by atoms with Crippen LogP contribution in [-0.4, -0.2) is 22.1 Å². The Morgan fingerprint density at radius 2 is 1.65 bits per heavy atom. The van der Waals surface area contributed by atoms with Gasteiger partial charge in [0.05, 0.1) is 0 Å². The van der Waals surface area contributed by atoms with Crippen LogP contribution in [0.2, 0.25) is 0 Å². The third kappa shape index (κ3) is 4.30. The number of hydrogen-bond donors (Lipinski definition) is 2. The Labute approximate surface area is 104 Å². The van der Waals surface area contributed by atoms with E-state index < -0.39 is 0 Å². The molecule has 0 saturated carbocycles. The second-order valence-electron chi connectivity index (χ2n) is 6.09. The van der Waals surface area contributed by atoms with Crippen LogP contribution in [0.4, 0.5) is 5.95 Å². The Bertz CT molecular complexity index is 349. The first-order valence-electron chi connectivity index (χ1n) is 6.05. The SMILES string of the molecule is CC(C)(CCN)Nc1ncc(C(C)(C)C)cn1. The minimum Gasteiger partial charge on any atom is -0.349 e. The van der Waals surface area contributed by atoms with Crippen LogP contribution in [0.15, 0.2) is 12.4 Å². The summed E-state index contributed by atoms with van der Waals surface area (Å²) < 4.78 is 0. The number of nitrogens with zero attached hydrogens (tertiary/aromatic N) is 2. The molecule has 0 unspecified atom stereocenters. The number of anilines is 1. The van der Waals surface area contributed by atoms with Crippen LogP contribution >= 0.6 is 0 Å². The Balaban J connectivity index is 2.75. The fourth-order valence-electron chi connectivity index (χ4n) is 1.51. The van der Waals surface area contributed by atoms with Gasteiger partial charge in [-0.15, -0.1) is 0 Å². The maximum Gasteiger partial charge on any atom is 0.223 e. The molecule has 0 atom stereocenters. The van der Waals surface area contributed by atoms with Crippen molar-refractivity contribution < 1.29 is 0 Å². The summed E-state index contributed by atoms with van der Waals surface area (Å²) in [4.78, 5) is 8.70. The van der Waals surface area contributed by atoms with Crippen molar-refractivity contribution in [3.8, 4) is 0 Å². The molecule has 0 bridgehead atoms. The van der Waals surface area contributed by atoms with Crippen molar-refractivity contribution in [2.24, 2.45) is 5.73 Å². The molecule has 4 nitrogen and oxygen atoms in total. The summed E-state index contributed by atoms with van der Waals surface area (Å²) in [7, 11) is 0. The van der Waals surface area contributed by atoms with Crippen LogP contribution in [0.1, 0.15) is 46.6 Å². The second-order valence-corrected chi connectivity index (χ2v) is 6.09. The van der Waals surface area contributed by atoms with Gasteiger partial charge < -0.3 is 11.1 Å². The van der Waals surface area contributed by atoms with E-state index in [-0.39, 0.29) is 11.0 Å². The molecule has 17 heavy (non-hydrogen) atoms. The molecule has 0 aliphatic carbocycles. The van der Waals surface area contributed by atoms with Crippen LogP contribution in [0.3, 0.4) is 0 Å². The minimum atomic E-state index is -0.0714. The van der Waals surface area contributed by atoms with Crippen LogP contribution in [0.25, 0.3) is 0 Å². The average molecular weight is 236 g/mol. The van der Waals surface area contributed by atoms with E-state index in [4.69, 9.17) is 5.73 Å². The number of aromatic nitrogens is 2. The van der Waals surface area contributed by atoms with Gasteiger partial charge in [-0.25, -0.2) is 9.97 Å². The highest BCUT2D eigenvalue weighted by Crippen LogP contribution is 2.21. The lowest BCUT2D eigenvalue weighted by molar-refractivity contribution is 0.521. The molecule has 3 N–H and O–H groups in total. The van der Waals surface area contributed by atoms with Gasteiger partial charge in [0.25, 0.3) is 0 Å². The molecular formula is C13H24N4. The lowest BCUT2D eigenvalue weighted by Gasteiger charge is -2.26. The number of rotatable bonds is 4. The number of nitrogens with one attached hydrogen (secondary N) is 1. The largest absolute Gasteiger partial charge is 0.349 e. The molecule has 4 heteroatoms. The van der Waals surface area contributed by atoms with Gasteiger partial charge in [-0.1, -0.05) is 20.8 Å². The van der Waals surface area contributed by atoms with E-state index in [1.165, 1.54) is 0 Å². The lowest BCUT2D eigenvalue weighted by Crippen LogP contribution is -2.34. The summed E-state index contributed by atoms with van der Waals surface area (Å²) in [5, 5.41) is 3.30. The van der Waals surface area contributed by atoms with Crippen molar-refractivity contribution in [2.75, 3.05) is 11.9 Å². The van der Waals surface area contributed by atoms with E-state index in [9.17, 15) is 0 Å². The van der Waals surface area contributed by atoms with Crippen LogP contribution in [-0.2, 0) is 5.41 Å². The Morgan fingerprint density at radius 3 is 2.06 bits per heavy atom. The first kappa shape index (κ1) is 13.9. The van der Waals surface area contributed by atoms with E-state index in [0.717, 1.165) is 12.0 Å². The standard InChI is InChI=1S/C13H24N4/c1-12(2,3)10-8-15-11(16-9-10)17-13(4,5)6-7-14/h8-9H,6-7,14H2,1-5H3,(H,15,16,17). The van der Waals surface area contributed by atoms with Crippen molar-refractivity contribution in [1.29, 1.82) is 0 Å². The van der Waals surface area contributed by atoms with Gasteiger partial charge in [0.1, 0.15) is 0 Å². The molecule has 0 aliphatic rings. The zero-order valence-corrected chi connectivity index (χ0v) is 11.5. The fourth-order valence-corrected chi connectivity index (χ4v) is 1.51. The molecule has 0 fully saturated rings. The van der Waals surface area contributed by atoms with Crippen molar-refractivity contribution in [3.63, 3.8) is 0 Å². The van der Waals surface area contributed by atoms with E-state index in [0.29, 0.717) is 12.5 Å². The summed E-state index contributed by atoms with van der Waals surface area (Å²) in [5.41, 5.74) is 6.72. The molecule has 1 aromatic heterocycles. The summed E-state index contributed by atoms with van der Waals surface area (Å²) in [5.74, 6) is 0.663. The van der Waals surface area contributed by atoms with Crippen LogP contribution in [0.5, 0.6) is 0 Å². The predicted octanol–water partition coefficient (Wildman–Crippen LogP) is 2.31. The third-order valence-corrected chi connectivity index (χ3v) is 2.74. The summed E-state index contributed by atoms with van der Waals surface area (Å²) in [6, 6.07) is 0. The van der Waals surface area contributed by atoms with E-state index in [2.05, 4.69) is 49.9 Å². The van der Waals surface area contributed by atoms with Gasteiger partial charge >= 0.3 is 0 Å². The predicted molar refractivity (Wildman–Crippen MR) is 72.1 cm³/mol. The van der Waals surface area contributed by atoms with Gasteiger partial charge in [-0.05, 0) is 37.8 Å². The number of hydrogen-bond acceptors (Lipinski definition) is 4. The lowest BCUT2D eigenvalue weighted by atomic mass is 9.89. The Morgan fingerprint density at radius 1 is 1.12 bits per heavy atom. The molecule has 0 spiro atoms. The molecule has 96 valence electrons. The normalized spacial score (nSPS) is 12.6. The van der Waals surface area contributed by atoms with Crippen molar-refractivity contribution in [3.05, 3.63) is 18.0 Å². The first-order valence-corrected chi connectivity index (χ1v) is 6.05. The molecule has 0 amide bonds. The molecule has 1 heterocycles. The van der Waals surface area contributed by atoms with E-state index >= 15 is 0 Å². The minimum absolute atomic E-state index is 0.0714. The van der Waals surface area contributed by atoms with Gasteiger partial charge in [-0.3, -0.25) is 0 Å². The van der Waals surface area contributed by atoms with Gasteiger partial charge in [-0.2, -0.15) is 0 Å². The fraction of sp³-hybridized carbons (Fsp3) is 0.692. The monoisotopic (exact) mass is 236 g/mol. The maximum atomic E-state index is 5.57. The smallest absolute Gasteiger partial charge is 0.223 e. The molecule has 1 aromatic rings. The average Bonchev–Trinajstić information content (AvgIpc) is 2.16. The van der Waals surface area contributed by atoms with Gasteiger partial charge in [0, 0.05) is 17.9 Å². The topological polar surface area (TPSA) is 63.8 Å². The van der Waals surface area contributed by atoms with E-state index in [1.807, 2.05) is 12.4 Å². The zero-order valence-electron chi connectivity index (χ0n) is 11.5. The molecule has 1 rings (SSSR count). The molecular weight excluding hydrogens is 212 g/mol. The highest BCUT2D eigenvalue weighted by molar-refractivity contribution is 5.30. The highest BCUT2D eigenvalue weighted by Gasteiger charge is 2.18. The maximum absolute atomic E-state index is 5.57. The molecule has 0 radical (unpaired) electrons. The molecule has 0 aliphatic heterocycles. The number of nitrogens with two attached hydrogens (primary N) is 1.